The minimum atomic E-state index is 0.834. The molecule has 0 aromatic heterocycles. The van der Waals surface area contributed by atoms with Crippen LogP contribution in [0.25, 0.3) is 0 Å². The normalized spacial score (nSPS) is 20.5. The van der Waals surface area contributed by atoms with Gasteiger partial charge in [-0.3, -0.25) is 0 Å². The number of hydrogen-bond donors (Lipinski definition) is 1. The van der Waals surface area contributed by atoms with Gasteiger partial charge in [-0.15, -0.1) is 11.8 Å². The van der Waals surface area contributed by atoms with Gasteiger partial charge in [0.05, 0.1) is 7.11 Å². The third-order valence-corrected chi connectivity index (χ3v) is 3.91. The van der Waals surface area contributed by atoms with E-state index in [1.807, 2.05) is 23.9 Å². The van der Waals surface area contributed by atoms with E-state index in [1.54, 1.807) is 7.11 Å². The summed E-state index contributed by atoms with van der Waals surface area (Å²) < 4.78 is 5.20. The molecule has 3 heteroatoms. The molecule has 1 unspecified atom stereocenters. The Labute approximate surface area is 95.4 Å². The Morgan fingerprint density at radius 3 is 3.20 bits per heavy atom. The first kappa shape index (κ1) is 10.8. The molecule has 0 radical (unpaired) electrons. The van der Waals surface area contributed by atoms with Crippen LogP contribution in [0.1, 0.15) is 6.42 Å². The van der Waals surface area contributed by atoms with Crippen molar-refractivity contribution in [2.75, 3.05) is 26.0 Å². The van der Waals surface area contributed by atoms with E-state index < -0.39 is 0 Å². The average Bonchev–Trinajstić information content (AvgIpc) is 2.79. The van der Waals surface area contributed by atoms with E-state index in [4.69, 9.17) is 4.74 Å². The fourth-order valence-corrected chi connectivity index (χ4v) is 2.85. The maximum atomic E-state index is 5.20. The van der Waals surface area contributed by atoms with Crippen molar-refractivity contribution in [3.63, 3.8) is 0 Å². The Balaban J connectivity index is 1.86. The van der Waals surface area contributed by atoms with E-state index in [0.717, 1.165) is 11.7 Å². The predicted molar refractivity (Wildman–Crippen MR) is 64.7 cm³/mol. The molecule has 1 aromatic carbocycles. The van der Waals surface area contributed by atoms with Crippen LogP contribution in [0.15, 0.2) is 29.2 Å². The Kier molecular flexibility index (Phi) is 3.92. The smallest absolute Gasteiger partial charge is 0.119 e. The number of methoxy groups -OCH3 is 1. The molecule has 1 N–H and O–H groups in total. The molecule has 0 saturated carbocycles. The van der Waals surface area contributed by atoms with Gasteiger partial charge in [-0.25, -0.2) is 0 Å². The standard InChI is InChI=1S/C12H17NOS/c1-14-11-3-2-4-12(7-11)15-9-10-5-6-13-8-10/h2-4,7,10,13H,5-6,8-9H2,1H3. The van der Waals surface area contributed by atoms with Crippen LogP contribution in [-0.2, 0) is 0 Å². The SMILES string of the molecule is COc1cccc(SCC2CCNC2)c1. The zero-order valence-electron chi connectivity index (χ0n) is 9.03. The van der Waals surface area contributed by atoms with Crippen LogP contribution in [0.4, 0.5) is 0 Å². The third kappa shape index (κ3) is 3.14. The van der Waals surface area contributed by atoms with Crippen molar-refractivity contribution in [2.24, 2.45) is 5.92 Å². The first-order chi connectivity index (χ1) is 7.38. The fourth-order valence-electron chi connectivity index (χ4n) is 1.76. The summed E-state index contributed by atoms with van der Waals surface area (Å²) in [5.41, 5.74) is 0. The minimum absolute atomic E-state index is 0.834. The molecule has 1 heterocycles. The largest absolute Gasteiger partial charge is 0.497 e. The van der Waals surface area contributed by atoms with E-state index in [-0.39, 0.29) is 0 Å². The molecular weight excluding hydrogens is 206 g/mol. The van der Waals surface area contributed by atoms with E-state index in [2.05, 4.69) is 17.4 Å². The lowest BCUT2D eigenvalue weighted by atomic mass is 10.2. The van der Waals surface area contributed by atoms with Gasteiger partial charge in [-0.2, -0.15) is 0 Å². The molecule has 82 valence electrons. The van der Waals surface area contributed by atoms with Crippen molar-refractivity contribution in [1.29, 1.82) is 0 Å². The lowest BCUT2D eigenvalue weighted by molar-refractivity contribution is 0.413. The molecule has 2 nitrogen and oxygen atoms in total. The van der Waals surface area contributed by atoms with Crippen LogP contribution in [0.5, 0.6) is 5.75 Å². The van der Waals surface area contributed by atoms with Crippen LogP contribution < -0.4 is 10.1 Å². The second-order valence-corrected chi connectivity index (χ2v) is 4.94. The Morgan fingerprint density at radius 2 is 2.47 bits per heavy atom. The number of benzene rings is 1. The molecule has 2 rings (SSSR count). The monoisotopic (exact) mass is 223 g/mol. The molecule has 0 spiro atoms. The van der Waals surface area contributed by atoms with Gasteiger partial charge in [0.1, 0.15) is 5.75 Å². The van der Waals surface area contributed by atoms with Crippen LogP contribution in [0, 0.1) is 5.92 Å². The summed E-state index contributed by atoms with van der Waals surface area (Å²) in [6.45, 7) is 2.36. The quantitative estimate of drug-likeness (QED) is 0.792. The zero-order valence-corrected chi connectivity index (χ0v) is 9.85. The highest BCUT2D eigenvalue weighted by Gasteiger charge is 2.14. The molecule has 1 aromatic rings. The topological polar surface area (TPSA) is 21.3 Å². The van der Waals surface area contributed by atoms with Crippen LogP contribution in [0.2, 0.25) is 0 Å². The molecule has 15 heavy (non-hydrogen) atoms. The Bertz CT molecular complexity index is 310. The first-order valence-corrected chi connectivity index (χ1v) is 6.34. The van der Waals surface area contributed by atoms with Gasteiger partial charge in [0.25, 0.3) is 0 Å². The molecule has 0 bridgehead atoms. The Morgan fingerprint density at radius 1 is 1.53 bits per heavy atom. The number of hydrogen-bond acceptors (Lipinski definition) is 3. The molecule has 1 saturated heterocycles. The van der Waals surface area contributed by atoms with Crippen molar-refractivity contribution in [2.45, 2.75) is 11.3 Å². The van der Waals surface area contributed by atoms with Gasteiger partial charge in [0.15, 0.2) is 0 Å². The van der Waals surface area contributed by atoms with E-state index in [0.29, 0.717) is 0 Å². The van der Waals surface area contributed by atoms with E-state index in [1.165, 1.54) is 30.2 Å². The first-order valence-electron chi connectivity index (χ1n) is 5.36. The highest BCUT2D eigenvalue weighted by Crippen LogP contribution is 2.26. The second-order valence-electron chi connectivity index (χ2n) is 3.85. The van der Waals surface area contributed by atoms with Gasteiger partial charge >= 0.3 is 0 Å². The van der Waals surface area contributed by atoms with Crippen LogP contribution in [0.3, 0.4) is 0 Å². The summed E-state index contributed by atoms with van der Waals surface area (Å²) in [6, 6.07) is 8.29. The number of rotatable bonds is 4. The Hall–Kier alpha value is -0.670. The molecule has 0 aliphatic carbocycles. The summed E-state index contributed by atoms with van der Waals surface area (Å²) in [5, 5.41) is 3.39. The number of thioether (sulfide) groups is 1. The molecule has 0 amide bonds. The average molecular weight is 223 g/mol. The summed E-state index contributed by atoms with van der Waals surface area (Å²) in [6.07, 6.45) is 1.32. The summed E-state index contributed by atoms with van der Waals surface area (Å²) in [7, 11) is 1.71. The lowest BCUT2D eigenvalue weighted by Gasteiger charge is -2.08. The maximum Gasteiger partial charge on any atom is 0.119 e. The summed E-state index contributed by atoms with van der Waals surface area (Å²) in [4.78, 5) is 1.31. The van der Waals surface area contributed by atoms with Crippen LogP contribution in [-0.4, -0.2) is 26.0 Å². The number of nitrogens with one attached hydrogen (secondary N) is 1. The third-order valence-electron chi connectivity index (χ3n) is 2.69. The van der Waals surface area contributed by atoms with E-state index >= 15 is 0 Å². The number of ether oxygens (including phenoxy) is 1. The predicted octanol–water partition coefficient (Wildman–Crippen LogP) is 2.40. The fraction of sp³-hybridized carbons (Fsp3) is 0.500. The van der Waals surface area contributed by atoms with Gasteiger partial charge in [0, 0.05) is 10.6 Å². The van der Waals surface area contributed by atoms with Crippen molar-refractivity contribution in [3.8, 4) is 5.75 Å². The van der Waals surface area contributed by atoms with E-state index in [9.17, 15) is 0 Å². The summed E-state index contributed by atoms with van der Waals surface area (Å²) in [5.74, 6) is 2.99. The minimum Gasteiger partial charge on any atom is -0.497 e. The zero-order chi connectivity index (χ0) is 10.5. The van der Waals surface area contributed by atoms with Crippen molar-refractivity contribution < 1.29 is 4.74 Å². The maximum absolute atomic E-state index is 5.20. The molecule has 1 aliphatic rings. The van der Waals surface area contributed by atoms with Gasteiger partial charge < -0.3 is 10.1 Å². The van der Waals surface area contributed by atoms with Crippen LogP contribution >= 0.6 is 11.8 Å². The summed E-state index contributed by atoms with van der Waals surface area (Å²) >= 11 is 1.93. The highest BCUT2D eigenvalue weighted by molar-refractivity contribution is 7.99. The van der Waals surface area contributed by atoms with Crippen molar-refractivity contribution in [3.05, 3.63) is 24.3 Å². The second kappa shape index (κ2) is 5.42. The molecular formula is C12H17NOS. The van der Waals surface area contributed by atoms with Gasteiger partial charge in [0.2, 0.25) is 0 Å². The molecule has 1 fully saturated rings. The van der Waals surface area contributed by atoms with Crippen molar-refractivity contribution >= 4 is 11.8 Å². The van der Waals surface area contributed by atoms with Crippen molar-refractivity contribution in [1.82, 2.24) is 5.32 Å². The van der Waals surface area contributed by atoms with Gasteiger partial charge in [-0.1, -0.05) is 6.07 Å². The highest BCUT2D eigenvalue weighted by atomic mass is 32.2. The lowest BCUT2D eigenvalue weighted by Crippen LogP contribution is -2.10. The van der Waals surface area contributed by atoms with Gasteiger partial charge in [-0.05, 0) is 43.6 Å². The molecule has 1 atom stereocenters. The molecule has 1 aliphatic heterocycles.